The van der Waals surface area contributed by atoms with E-state index in [1.165, 1.54) is 45.3 Å². The summed E-state index contributed by atoms with van der Waals surface area (Å²) in [7, 11) is -1.03. The summed E-state index contributed by atoms with van der Waals surface area (Å²) < 4.78 is 43.2. The molecular weight excluding hydrogens is 470 g/mol. The summed E-state index contributed by atoms with van der Waals surface area (Å²) in [6.07, 6.45) is -1.03. The van der Waals surface area contributed by atoms with Gasteiger partial charge in [-0.25, -0.2) is 13.2 Å². The fourth-order valence-electron chi connectivity index (χ4n) is 3.34. The zero-order valence-electron chi connectivity index (χ0n) is 19.9. The third-order valence-electron chi connectivity index (χ3n) is 5.28. The molecule has 0 N–H and O–H groups in total. The van der Waals surface area contributed by atoms with Gasteiger partial charge in [0, 0.05) is 12.6 Å². The van der Waals surface area contributed by atoms with E-state index in [-0.39, 0.29) is 16.2 Å². The van der Waals surface area contributed by atoms with Gasteiger partial charge in [0.05, 0.1) is 29.9 Å². The quantitative estimate of drug-likeness (QED) is 0.303. The molecule has 0 aliphatic heterocycles. The van der Waals surface area contributed by atoms with E-state index >= 15 is 0 Å². The minimum Gasteiger partial charge on any atom is -0.495 e. The molecule has 0 amide bonds. The molecule has 0 aliphatic rings. The highest BCUT2D eigenvalue weighted by Crippen LogP contribution is 2.31. The van der Waals surface area contributed by atoms with Gasteiger partial charge in [0.1, 0.15) is 11.5 Å². The van der Waals surface area contributed by atoms with Crippen molar-refractivity contribution in [1.29, 1.82) is 0 Å². The SMILES string of the molecule is CCOc1ccc(C(=O)[C@H](C)OC(=O)c2ccc(S(=O)(=O)N(C)c3ccccc3OC)cc2)cc1. The van der Waals surface area contributed by atoms with E-state index in [1.807, 2.05) is 6.92 Å². The lowest BCUT2D eigenvalue weighted by molar-refractivity contribution is 0.0318. The molecule has 35 heavy (non-hydrogen) atoms. The van der Waals surface area contributed by atoms with Crippen LogP contribution in [0.25, 0.3) is 0 Å². The topological polar surface area (TPSA) is 99.2 Å². The zero-order chi connectivity index (χ0) is 25.6. The van der Waals surface area contributed by atoms with Crippen molar-refractivity contribution in [3.63, 3.8) is 0 Å². The number of Topliss-reactive ketones (excluding diaryl/α,β-unsaturated/α-hetero) is 1. The average Bonchev–Trinajstić information content (AvgIpc) is 2.88. The van der Waals surface area contributed by atoms with Crippen LogP contribution in [0.2, 0.25) is 0 Å². The van der Waals surface area contributed by atoms with E-state index < -0.39 is 22.1 Å². The van der Waals surface area contributed by atoms with Crippen LogP contribution in [-0.2, 0) is 14.8 Å². The third-order valence-corrected chi connectivity index (χ3v) is 7.06. The van der Waals surface area contributed by atoms with Crippen LogP contribution in [0.3, 0.4) is 0 Å². The first-order valence-electron chi connectivity index (χ1n) is 10.9. The number of rotatable bonds is 10. The molecule has 0 bridgehead atoms. The Balaban J connectivity index is 1.70. The van der Waals surface area contributed by atoms with Crippen molar-refractivity contribution >= 4 is 27.5 Å². The van der Waals surface area contributed by atoms with Crippen LogP contribution < -0.4 is 13.8 Å². The number of hydrogen-bond acceptors (Lipinski definition) is 7. The number of ether oxygens (including phenoxy) is 3. The Morgan fingerprint density at radius 2 is 1.51 bits per heavy atom. The number of carbonyl (C=O) groups is 2. The van der Waals surface area contributed by atoms with Gasteiger partial charge in [-0.1, -0.05) is 12.1 Å². The maximum absolute atomic E-state index is 13.1. The van der Waals surface area contributed by atoms with Gasteiger partial charge in [-0.15, -0.1) is 0 Å². The van der Waals surface area contributed by atoms with Crippen LogP contribution in [0, 0.1) is 0 Å². The number of esters is 1. The summed E-state index contributed by atoms with van der Waals surface area (Å²) in [4.78, 5) is 25.2. The van der Waals surface area contributed by atoms with Crippen LogP contribution in [0.5, 0.6) is 11.5 Å². The monoisotopic (exact) mass is 497 g/mol. The highest BCUT2D eigenvalue weighted by molar-refractivity contribution is 7.92. The first-order chi connectivity index (χ1) is 16.7. The molecule has 0 aromatic heterocycles. The Morgan fingerprint density at radius 1 is 0.914 bits per heavy atom. The fourth-order valence-corrected chi connectivity index (χ4v) is 4.55. The second kappa shape index (κ2) is 11.1. The number of ketones is 1. The van der Waals surface area contributed by atoms with Gasteiger partial charge in [0.2, 0.25) is 5.78 Å². The second-order valence-corrected chi connectivity index (χ2v) is 9.51. The highest BCUT2D eigenvalue weighted by atomic mass is 32.2. The molecule has 0 heterocycles. The van der Waals surface area contributed by atoms with Crippen LogP contribution in [0.4, 0.5) is 5.69 Å². The van der Waals surface area contributed by atoms with Crippen molar-refractivity contribution in [3.8, 4) is 11.5 Å². The summed E-state index contributed by atoms with van der Waals surface area (Å²) >= 11 is 0. The Kier molecular flexibility index (Phi) is 8.14. The van der Waals surface area contributed by atoms with Gasteiger partial charge in [-0.3, -0.25) is 9.10 Å². The molecular formula is C26H27NO7S. The molecule has 0 spiro atoms. The minimum atomic E-state index is -3.91. The van der Waals surface area contributed by atoms with Gasteiger partial charge >= 0.3 is 5.97 Å². The van der Waals surface area contributed by atoms with Crippen molar-refractivity contribution in [3.05, 3.63) is 83.9 Å². The predicted octanol–water partition coefficient (Wildman–Crippen LogP) is 4.35. The van der Waals surface area contributed by atoms with Crippen LogP contribution >= 0.6 is 0 Å². The van der Waals surface area contributed by atoms with Crippen molar-refractivity contribution in [2.45, 2.75) is 24.8 Å². The lowest BCUT2D eigenvalue weighted by Gasteiger charge is -2.21. The van der Waals surface area contributed by atoms with E-state index in [9.17, 15) is 18.0 Å². The first kappa shape index (κ1) is 25.8. The number of anilines is 1. The van der Waals surface area contributed by atoms with E-state index in [2.05, 4.69) is 0 Å². The summed E-state index contributed by atoms with van der Waals surface area (Å²) in [5.74, 6) is -0.0529. The number of hydrogen-bond donors (Lipinski definition) is 0. The number of para-hydroxylation sites is 2. The number of benzene rings is 3. The summed E-state index contributed by atoms with van der Waals surface area (Å²) in [6.45, 7) is 3.86. The number of carbonyl (C=O) groups excluding carboxylic acids is 2. The minimum absolute atomic E-state index is 0.0130. The molecule has 3 aromatic rings. The van der Waals surface area contributed by atoms with Crippen LogP contribution in [-0.4, -0.2) is 47.0 Å². The maximum Gasteiger partial charge on any atom is 0.338 e. The van der Waals surface area contributed by atoms with Gasteiger partial charge in [-0.05, 0) is 74.5 Å². The summed E-state index contributed by atoms with van der Waals surface area (Å²) in [5.41, 5.74) is 0.880. The average molecular weight is 498 g/mol. The fraction of sp³-hybridized carbons (Fsp3) is 0.231. The summed E-state index contributed by atoms with van der Waals surface area (Å²) in [6, 6.07) is 18.6. The second-order valence-electron chi connectivity index (χ2n) is 7.54. The van der Waals surface area contributed by atoms with Gasteiger partial charge in [-0.2, -0.15) is 0 Å². The zero-order valence-corrected chi connectivity index (χ0v) is 20.7. The normalized spacial score (nSPS) is 11.9. The molecule has 9 heteroatoms. The standard InChI is InChI=1S/C26H27NO7S/c1-5-33-21-14-10-19(11-15-21)25(28)18(2)34-26(29)20-12-16-22(17-13-20)35(30,31)27(3)23-8-6-7-9-24(23)32-4/h6-18H,5H2,1-4H3/t18-/m0/s1. The van der Waals surface area contributed by atoms with E-state index in [0.717, 1.165) is 4.31 Å². The lowest BCUT2D eigenvalue weighted by Crippen LogP contribution is -2.27. The summed E-state index contributed by atoms with van der Waals surface area (Å²) in [5, 5.41) is 0. The molecule has 0 unspecified atom stereocenters. The molecule has 0 saturated carbocycles. The smallest absolute Gasteiger partial charge is 0.338 e. The molecule has 0 radical (unpaired) electrons. The predicted molar refractivity (Wildman–Crippen MR) is 132 cm³/mol. The lowest BCUT2D eigenvalue weighted by atomic mass is 10.1. The van der Waals surface area contributed by atoms with Gasteiger partial charge in [0.25, 0.3) is 10.0 Å². The van der Waals surface area contributed by atoms with Crippen molar-refractivity contribution in [2.24, 2.45) is 0 Å². The third kappa shape index (κ3) is 5.81. The number of sulfonamides is 1. The maximum atomic E-state index is 13.1. The largest absolute Gasteiger partial charge is 0.495 e. The Morgan fingerprint density at radius 3 is 2.11 bits per heavy atom. The van der Waals surface area contributed by atoms with Crippen molar-refractivity contribution in [2.75, 3.05) is 25.1 Å². The molecule has 184 valence electrons. The molecule has 0 aliphatic carbocycles. The molecule has 3 rings (SSSR count). The van der Waals surface area contributed by atoms with E-state index in [1.54, 1.807) is 48.5 Å². The molecule has 0 saturated heterocycles. The van der Waals surface area contributed by atoms with E-state index in [0.29, 0.717) is 29.4 Å². The van der Waals surface area contributed by atoms with Crippen molar-refractivity contribution in [1.82, 2.24) is 0 Å². The molecule has 8 nitrogen and oxygen atoms in total. The number of nitrogens with zero attached hydrogens (tertiary/aromatic N) is 1. The molecule has 3 aromatic carbocycles. The van der Waals surface area contributed by atoms with Crippen LogP contribution in [0.1, 0.15) is 34.6 Å². The number of methoxy groups -OCH3 is 1. The first-order valence-corrected chi connectivity index (χ1v) is 12.3. The Labute approximate surface area is 205 Å². The Bertz CT molecular complexity index is 1290. The molecule has 0 fully saturated rings. The van der Waals surface area contributed by atoms with Gasteiger partial charge < -0.3 is 14.2 Å². The molecule has 1 atom stereocenters. The van der Waals surface area contributed by atoms with Gasteiger partial charge in [0.15, 0.2) is 6.10 Å². The Hall–Kier alpha value is -3.85. The van der Waals surface area contributed by atoms with E-state index in [4.69, 9.17) is 14.2 Å². The highest BCUT2D eigenvalue weighted by Gasteiger charge is 2.25. The van der Waals surface area contributed by atoms with Crippen molar-refractivity contribution < 1.29 is 32.2 Å². The van der Waals surface area contributed by atoms with Crippen LogP contribution in [0.15, 0.2) is 77.7 Å².